The van der Waals surface area contributed by atoms with Crippen LogP contribution in [0.5, 0.6) is 0 Å². The fraction of sp³-hybridized carbons (Fsp3) is 0.133. The standard InChI is InChI=1S/C15H13N3OS/c1-9-5-3-4-6-11(9)15(19)16-13-10(2)7-8-12-14(13)18-20-17-12/h3-8H,1-2H3,(H,16,19). The number of aryl methyl sites for hydroxylation is 2. The molecule has 0 aliphatic rings. The third kappa shape index (κ3) is 2.16. The van der Waals surface area contributed by atoms with E-state index in [4.69, 9.17) is 0 Å². The van der Waals surface area contributed by atoms with Crippen molar-refractivity contribution in [1.82, 2.24) is 8.75 Å². The van der Waals surface area contributed by atoms with Crippen LogP contribution in [0.15, 0.2) is 36.4 Å². The second kappa shape index (κ2) is 5.02. The Morgan fingerprint density at radius 2 is 1.85 bits per heavy atom. The van der Waals surface area contributed by atoms with Crippen molar-refractivity contribution < 1.29 is 4.79 Å². The van der Waals surface area contributed by atoms with Gasteiger partial charge >= 0.3 is 0 Å². The number of benzene rings is 2. The molecule has 0 unspecified atom stereocenters. The summed E-state index contributed by atoms with van der Waals surface area (Å²) in [6.07, 6.45) is 0. The van der Waals surface area contributed by atoms with Gasteiger partial charge in [-0.1, -0.05) is 24.3 Å². The highest BCUT2D eigenvalue weighted by molar-refractivity contribution is 7.00. The number of nitrogens with zero attached hydrogens (tertiary/aromatic N) is 2. The molecular formula is C15H13N3OS. The highest BCUT2D eigenvalue weighted by Gasteiger charge is 2.14. The lowest BCUT2D eigenvalue weighted by Gasteiger charge is -2.10. The van der Waals surface area contributed by atoms with Gasteiger partial charge < -0.3 is 5.32 Å². The van der Waals surface area contributed by atoms with Gasteiger partial charge in [0, 0.05) is 5.56 Å². The van der Waals surface area contributed by atoms with Crippen molar-refractivity contribution in [1.29, 1.82) is 0 Å². The highest BCUT2D eigenvalue weighted by Crippen LogP contribution is 2.26. The largest absolute Gasteiger partial charge is 0.320 e. The second-order valence-corrected chi connectivity index (χ2v) is 5.19. The molecule has 3 aromatic rings. The lowest BCUT2D eigenvalue weighted by atomic mass is 10.1. The first-order valence-electron chi connectivity index (χ1n) is 6.25. The molecule has 1 aromatic heterocycles. The van der Waals surface area contributed by atoms with Gasteiger partial charge in [-0.15, -0.1) is 0 Å². The molecule has 1 amide bonds. The van der Waals surface area contributed by atoms with Crippen molar-refractivity contribution in [3.05, 3.63) is 53.1 Å². The molecule has 0 bridgehead atoms. The number of fused-ring (bicyclic) bond motifs is 1. The van der Waals surface area contributed by atoms with Gasteiger partial charge in [0.25, 0.3) is 5.91 Å². The second-order valence-electron chi connectivity index (χ2n) is 4.66. The molecule has 0 aliphatic carbocycles. The van der Waals surface area contributed by atoms with E-state index in [1.54, 1.807) is 0 Å². The summed E-state index contributed by atoms with van der Waals surface area (Å²) >= 11 is 1.15. The van der Waals surface area contributed by atoms with E-state index in [0.29, 0.717) is 5.56 Å². The SMILES string of the molecule is Cc1ccccc1C(=O)Nc1c(C)ccc2nsnc12. The zero-order valence-corrected chi connectivity index (χ0v) is 12.0. The minimum atomic E-state index is -0.119. The number of amides is 1. The lowest BCUT2D eigenvalue weighted by Crippen LogP contribution is -2.14. The molecule has 1 N–H and O–H groups in total. The Balaban J connectivity index is 2.01. The number of carbonyl (C=O) groups is 1. The summed E-state index contributed by atoms with van der Waals surface area (Å²) in [7, 11) is 0. The molecule has 20 heavy (non-hydrogen) atoms. The summed E-state index contributed by atoms with van der Waals surface area (Å²) in [4.78, 5) is 12.4. The van der Waals surface area contributed by atoms with Crippen LogP contribution in [0.2, 0.25) is 0 Å². The average molecular weight is 283 g/mol. The van der Waals surface area contributed by atoms with Crippen LogP contribution in [0.3, 0.4) is 0 Å². The van der Waals surface area contributed by atoms with Crippen molar-refractivity contribution in [2.45, 2.75) is 13.8 Å². The van der Waals surface area contributed by atoms with Crippen molar-refractivity contribution in [2.75, 3.05) is 5.32 Å². The third-order valence-electron chi connectivity index (χ3n) is 3.26. The number of carbonyl (C=O) groups excluding carboxylic acids is 1. The van der Waals surface area contributed by atoms with Gasteiger partial charge in [0.15, 0.2) is 0 Å². The first-order chi connectivity index (χ1) is 9.66. The third-order valence-corrected chi connectivity index (χ3v) is 3.81. The molecule has 100 valence electrons. The molecule has 0 atom stereocenters. The summed E-state index contributed by atoms with van der Waals surface area (Å²) in [6.45, 7) is 3.87. The van der Waals surface area contributed by atoms with Crippen molar-refractivity contribution >= 4 is 34.4 Å². The molecule has 0 saturated carbocycles. The van der Waals surface area contributed by atoms with Crippen molar-refractivity contribution in [2.24, 2.45) is 0 Å². The van der Waals surface area contributed by atoms with Crippen molar-refractivity contribution in [3.8, 4) is 0 Å². The molecule has 2 aromatic carbocycles. The molecular weight excluding hydrogens is 270 g/mol. The van der Waals surface area contributed by atoms with E-state index >= 15 is 0 Å². The number of aromatic nitrogens is 2. The van der Waals surface area contributed by atoms with Gasteiger partial charge in [-0.2, -0.15) is 8.75 Å². The summed E-state index contributed by atoms with van der Waals surface area (Å²) in [5.74, 6) is -0.119. The Morgan fingerprint density at radius 3 is 2.65 bits per heavy atom. The number of hydrogen-bond acceptors (Lipinski definition) is 4. The monoisotopic (exact) mass is 283 g/mol. The van der Waals surface area contributed by atoms with E-state index in [-0.39, 0.29) is 5.91 Å². The summed E-state index contributed by atoms with van der Waals surface area (Å²) in [6, 6.07) is 11.4. The molecule has 1 heterocycles. The Labute approximate surface area is 120 Å². The first-order valence-corrected chi connectivity index (χ1v) is 6.98. The normalized spacial score (nSPS) is 10.7. The maximum atomic E-state index is 12.4. The van der Waals surface area contributed by atoms with E-state index in [1.165, 1.54) is 0 Å². The Morgan fingerprint density at radius 1 is 1.05 bits per heavy atom. The number of anilines is 1. The molecule has 0 saturated heterocycles. The minimum absolute atomic E-state index is 0.119. The smallest absolute Gasteiger partial charge is 0.255 e. The maximum Gasteiger partial charge on any atom is 0.255 e. The first kappa shape index (κ1) is 12.7. The van der Waals surface area contributed by atoms with Gasteiger partial charge in [-0.3, -0.25) is 4.79 Å². The number of rotatable bonds is 2. The van der Waals surface area contributed by atoms with E-state index in [0.717, 1.165) is 39.6 Å². The Hall–Kier alpha value is -2.27. The molecule has 3 rings (SSSR count). The highest BCUT2D eigenvalue weighted by atomic mass is 32.1. The summed E-state index contributed by atoms with van der Waals surface area (Å²) in [5, 5.41) is 2.96. The minimum Gasteiger partial charge on any atom is -0.320 e. The zero-order valence-electron chi connectivity index (χ0n) is 11.2. The van der Waals surface area contributed by atoms with Gasteiger partial charge in [0.1, 0.15) is 11.0 Å². The average Bonchev–Trinajstić information content (AvgIpc) is 2.91. The van der Waals surface area contributed by atoms with Crippen LogP contribution in [0.25, 0.3) is 11.0 Å². The van der Waals surface area contributed by atoms with Crippen LogP contribution in [0, 0.1) is 13.8 Å². The van der Waals surface area contributed by atoms with Gasteiger partial charge in [-0.25, -0.2) is 0 Å². The van der Waals surface area contributed by atoms with E-state index in [2.05, 4.69) is 14.1 Å². The van der Waals surface area contributed by atoms with Crippen molar-refractivity contribution in [3.63, 3.8) is 0 Å². The maximum absolute atomic E-state index is 12.4. The molecule has 0 radical (unpaired) electrons. The van der Waals surface area contributed by atoms with Gasteiger partial charge in [0.05, 0.1) is 17.4 Å². The van der Waals surface area contributed by atoms with Gasteiger partial charge in [0.2, 0.25) is 0 Å². The lowest BCUT2D eigenvalue weighted by molar-refractivity contribution is 0.102. The van der Waals surface area contributed by atoms with Crippen LogP contribution in [0.4, 0.5) is 5.69 Å². The van der Waals surface area contributed by atoms with Crippen LogP contribution in [-0.4, -0.2) is 14.7 Å². The quantitative estimate of drug-likeness (QED) is 0.782. The summed E-state index contributed by atoms with van der Waals surface area (Å²) < 4.78 is 8.46. The predicted octanol–water partition coefficient (Wildman–Crippen LogP) is 3.56. The molecule has 0 fully saturated rings. The van der Waals surface area contributed by atoms with Crippen LogP contribution in [0.1, 0.15) is 21.5 Å². The van der Waals surface area contributed by atoms with E-state index < -0.39 is 0 Å². The van der Waals surface area contributed by atoms with E-state index in [9.17, 15) is 4.79 Å². The Bertz CT molecular complexity index is 795. The fourth-order valence-electron chi connectivity index (χ4n) is 2.12. The van der Waals surface area contributed by atoms with E-state index in [1.807, 2.05) is 50.2 Å². The predicted molar refractivity (Wildman–Crippen MR) is 81.3 cm³/mol. The topological polar surface area (TPSA) is 54.9 Å². The van der Waals surface area contributed by atoms with Gasteiger partial charge in [-0.05, 0) is 37.1 Å². The molecule has 0 aliphatic heterocycles. The molecule has 5 heteroatoms. The van der Waals surface area contributed by atoms with Crippen LogP contribution < -0.4 is 5.32 Å². The van der Waals surface area contributed by atoms with Crippen LogP contribution >= 0.6 is 11.7 Å². The number of hydrogen-bond donors (Lipinski definition) is 1. The fourth-order valence-corrected chi connectivity index (χ4v) is 2.66. The molecule has 4 nitrogen and oxygen atoms in total. The van der Waals surface area contributed by atoms with Crippen LogP contribution in [-0.2, 0) is 0 Å². The summed E-state index contributed by atoms with van der Waals surface area (Å²) in [5.41, 5.74) is 4.90. The Kier molecular flexibility index (Phi) is 3.20. The zero-order chi connectivity index (χ0) is 14.1. The molecule has 0 spiro atoms. The number of nitrogens with one attached hydrogen (secondary N) is 1.